The summed E-state index contributed by atoms with van der Waals surface area (Å²) in [5.41, 5.74) is 1.18. The second-order valence-corrected chi connectivity index (χ2v) is 4.70. The maximum atomic E-state index is 4.36. The van der Waals surface area contributed by atoms with E-state index in [1.165, 1.54) is 5.56 Å². The summed E-state index contributed by atoms with van der Waals surface area (Å²) >= 11 is 1.62. The zero-order valence-electron chi connectivity index (χ0n) is 10.3. The van der Waals surface area contributed by atoms with Gasteiger partial charge in [0.05, 0.1) is 0 Å². The molecule has 2 aromatic rings. The predicted molar refractivity (Wildman–Crippen MR) is 74.6 cm³/mol. The van der Waals surface area contributed by atoms with Gasteiger partial charge in [-0.3, -0.25) is 0 Å². The molecule has 0 saturated carbocycles. The first-order valence-electron chi connectivity index (χ1n) is 5.97. The minimum Gasteiger partial charge on any atom is -0.370 e. The number of anilines is 1. The molecule has 2 heterocycles. The fourth-order valence-corrected chi connectivity index (χ4v) is 2.25. The van der Waals surface area contributed by atoms with Gasteiger partial charge in [-0.1, -0.05) is 24.8 Å². The average molecular weight is 260 g/mol. The number of nitrogens with one attached hydrogen (secondary N) is 1. The molecule has 5 heteroatoms. The molecule has 0 atom stereocenters. The van der Waals surface area contributed by atoms with Gasteiger partial charge in [0.1, 0.15) is 5.82 Å². The second kappa shape index (κ2) is 6.96. The van der Waals surface area contributed by atoms with Gasteiger partial charge >= 0.3 is 0 Å². The van der Waals surface area contributed by atoms with E-state index < -0.39 is 0 Å². The lowest BCUT2D eigenvalue weighted by molar-refractivity contribution is 0.959. The first-order chi connectivity index (χ1) is 8.90. The molecule has 94 valence electrons. The van der Waals surface area contributed by atoms with Crippen molar-refractivity contribution in [2.45, 2.75) is 24.3 Å². The molecule has 1 N–H and O–H groups in total. The van der Waals surface area contributed by atoms with E-state index in [0.29, 0.717) is 0 Å². The van der Waals surface area contributed by atoms with Gasteiger partial charge in [0, 0.05) is 36.5 Å². The van der Waals surface area contributed by atoms with E-state index in [9.17, 15) is 0 Å². The second-order valence-electron chi connectivity index (χ2n) is 3.76. The first-order valence-corrected chi connectivity index (χ1v) is 6.96. The van der Waals surface area contributed by atoms with Gasteiger partial charge in [-0.2, -0.15) is 0 Å². The summed E-state index contributed by atoms with van der Waals surface area (Å²) in [4.78, 5) is 12.8. The highest BCUT2D eigenvalue weighted by Crippen LogP contribution is 2.22. The maximum Gasteiger partial charge on any atom is 0.187 e. The Bertz CT molecular complexity index is 475. The molecule has 0 aliphatic carbocycles. The van der Waals surface area contributed by atoms with Crippen LogP contribution < -0.4 is 5.32 Å². The number of thioether (sulfide) groups is 1. The van der Waals surface area contributed by atoms with E-state index in [4.69, 9.17) is 0 Å². The zero-order chi connectivity index (χ0) is 12.6. The molecule has 0 aromatic carbocycles. The van der Waals surface area contributed by atoms with Crippen LogP contribution in [0.25, 0.3) is 0 Å². The Kier molecular flexibility index (Phi) is 4.96. The molecule has 0 saturated heterocycles. The molecule has 0 aliphatic heterocycles. The molecule has 0 spiro atoms. The SMILES string of the molecule is CCCNc1ncccc1CSc1ncccn1. The minimum atomic E-state index is 0.794. The summed E-state index contributed by atoms with van der Waals surface area (Å²) < 4.78 is 0. The molecule has 0 aliphatic rings. The quantitative estimate of drug-likeness (QED) is 0.639. The molecule has 0 radical (unpaired) electrons. The van der Waals surface area contributed by atoms with Gasteiger partial charge in [-0.05, 0) is 18.6 Å². The Morgan fingerprint density at radius 3 is 2.67 bits per heavy atom. The average Bonchev–Trinajstić information content (AvgIpc) is 2.45. The van der Waals surface area contributed by atoms with Crippen LogP contribution in [0.1, 0.15) is 18.9 Å². The summed E-state index contributed by atoms with van der Waals surface area (Å²) in [5, 5.41) is 4.13. The summed E-state index contributed by atoms with van der Waals surface area (Å²) in [7, 11) is 0. The highest BCUT2D eigenvalue weighted by molar-refractivity contribution is 7.98. The number of rotatable bonds is 6. The lowest BCUT2D eigenvalue weighted by Gasteiger charge is -2.09. The van der Waals surface area contributed by atoms with Gasteiger partial charge in [-0.25, -0.2) is 15.0 Å². The monoisotopic (exact) mass is 260 g/mol. The van der Waals surface area contributed by atoms with Crippen molar-refractivity contribution >= 4 is 17.6 Å². The van der Waals surface area contributed by atoms with Crippen molar-refractivity contribution in [2.24, 2.45) is 0 Å². The van der Waals surface area contributed by atoms with Gasteiger partial charge in [0.25, 0.3) is 0 Å². The molecule has 2 aromatic heterocycles. The summed E-state index contributed by atoms with van der Waals surface area (Å²) in [6, 6.07) is 5.86. The number of hydrogen-bond acceptors (Lipinski definition) is 5. The van der Waals surface area contributed by atoms with Crippen LogP contribution in [0, 0.1) is 0 Å². The number of nitrogens with zero attached hydrogens (tertiary/aromatic N) is 3. The standard InChI is InChI=1S/C13H16N4S/c1-2-6-14-12-11(5-3-7-15-12)10-18-13-16-8-4-9-17-13/h3-5,7-9H,2,6,10H2,1H3,(H,14,15). The first kappa shape index (κ1) is 12.8. The molecule has 0 bridgehead atoms. The Morgan fingerprint density at radius 1 is 1.11 bits per heavy atom. The smallest absolute Gasteiger partial charge is 0.187 e. The number of pyridine rings is 1. The van der Waals surface area contributed by atoms with Crippen LogP contribution in [0.2, 0.25) is 0 Å². The third-order valence-electron chi connectivity index (χ3n) is 2.33. The Morgan fingerprint density at radius 2 is 1.89 bits per heavy atom. The molecular formula is C13H16N4S. The van der Waals surface area contributed by atoms with Crippen LogP contribution in [-0.2, 0) is 5.75 Å². The Labute approximate surface area is 111 Å². The molecular weight excluding hydrogens is 244 g/mol. The van der Waals surface area contributed by atoms with Crippen molar-refractivity contribution in [3.8, 4) is 0 Å². The molecule has 2 rings (SSSR count). The highest BCUT2D eigenvalue weighted by Gasteiger charge is 2.04. The Hall–Kier alpha value is -1.62. The molecule has 4 nitrogen and oxygen atoms in total. The Balaban J connectivity index is 2.00. The topological polar surface area (TPSA) is 50.7 Å². The third kappa shape index (κ3) is 3.70. The van der Waals surface area contributed by atoms with E-state index in [1.54, 1.807) is 24.2 Å². The van der Waals surface area contributed by atoms with Gasteiger partial charge < -0.3 is 5.32 Å². The van der Waals surface area contributed by atoms with E-state index in [2.05, 4.69) is 33.3 Å². The van der Waals surface area contributed by atoms with Crippen LogP contribution in [0.3, 0.4) is 0 Å². The largest absolute Gasteiger partial charge is 0.370 e. The number of hydrogen-bond donors (Lipinski definition) is 1. The lowest BCUT2D eigenvalue weighted by Crippen LogP contribution is -2.04. The van der Waals surface area contributed by atoms with Crippen molar-refractivity contribution in [2.75, 3.05) is 11.9 Å². The van der Waals surface area contributed by atoms with Crippen molar-refractivity contribution in [1.82, 2.24) is 15.0 Å². The molecule has 0 unspecified atom stereocenters. The maximum absolute atomic E-state index is 4.36. The molecule has 0 fully saturated rings. The highest BCUT2D eigenvalue weighted by atomic mass is 32.2. The van der Waals surface area contributed by atoms with Gasteiger partial charge in [-0.15, -0.1) is 0 Å². The summed E-state index contributed by atoms with van der Waals surface area (Å²) in [6.45, 7) is 3.08. The van der Waals surface area contributed by atoms with Gasteiger partial charge in [0.15, 0.2) is 5.16 Å². The molecule has 18 heavy (non-hydrogen) atoms. The van der Waals surface area contributed by atoms with Gasteiger partial charge in [0.2, 0.25) is 0 Å². The van der Waals surface area contributed by atoms with Crippen LogP contribution in [0.4, 0.5) is 5.82 Å². The summed E-state index contributed by atoms with van der Waals surface area (Å²) in [6.07, 6.45) is 6.42. The van der Waals surface area contributed by atoms with E-state index in [-0.39, 0.29) is 0 Å². The zero-order valence-corrected chi connectivity index (χ0v) is 11.2. The fourth-order valence-electron chi connectivity index (χ4n) is 1.46. The van der Waals surface area contributed by atoms with Crippen molar-refractivity contribution in [3.05, 3.63) is 42.4 Å². The number of aromatic nitrogens is 3. The summed E-state index contributed by atoms with van der Waals surface area (Å²) in [5.74, 6) is 1.78. The van der Waals surface area contributed by atoms with Crippen LogP contribution >= 0.6 is 11.8 Å². The predicted octanol–water partition coefficient (Wildman–Crippen LogP) is 2.99. The van der Waals surface area contributed by atoms with Crippen LogP contribution in [-0.4, -0.2) is 21.5 Å². The van der Waals surface area contributed by atoms with Crippen molar-refractivity contribution in [3.63, 3.8) is 0 Å². The fraction of sp³-hybridized carbons (Fsp3) is 0.308. The van der Waals surface area contributed by atoms with Crippen LogP contribution in [0.5, 0.6) is 0 Å². The van der Waals surface area contributed by atoms with Crippen molar-refractivity contribution in [1.29, 1.82) is 0 Å². The lowest BCUT2D eigenvalue weighted by atomic mass is 10.3. The third-order valence-corrected chi connectivity index (χ3v) is 3.26. The van der Waals surface area contributed by atoms with Crippen LogP contribution in [0.15, 0.2) is 41.9 Å². The van der Waals surface area contributed by atoms with E-state index in [1.807, 2.05) is 18.3 Å². The van der Waals surface area contributed by atoms with E-state index >= 15 is 0 Å². The normalized spacial score (nSPS) is 10.3. The van der Waals surface area contributed by atoms with Crippen molar-refractivity contribution < 1.29 is 0 Å². The minimum absolute atomic E-state index is 0.794. The molecule has 0 amide bonds. The van der Waals surface area contributed by atoms with E-state index in [0.717, 1.165) is 29.7 Å².